The molecule has 0 spiro atoms. The molecule has 0 aliphatic carbocycles. The molecule has 7 heteroatoms. The summed E-state index contributed by atoms with van der Waals surface area (Å²) in [5.41, 5.74) is 4.76. The summed E-state index contributed by atoms with van der Waals surface area (Å²) in [5, 5.41) is 9.15. The van der Waals surface area contributed by atoms with Crippen LogP contribution in [0.5, 0.6) is 5.75 Å². The fourth-order valence-electron chi connectivity index (χ4n) is 2.98. The molecule has 0 unspecified atom stereocenters. The van der Waals surface area contributed by atoms with E-state index in [0.717, 1.165) is 28.0 Å². The van der Waals surface area contributed by atoms with E-state index in [9.17, 15) is 9.59 Å². The van der Waals surface area contributed by atoms with Crippen molar-refractivity contribution in [2.24, 2.45) is 0 Å². The maximum absolute atomic E-state index is 12.4. The van der Waals surface area contributed by atoms with Crippen molar-refractivity contribution in [1.29, 1.82) is 0 Å². The van der Waals surface area contributed by atoms with Crippen molar-refractivity contribution in [2.75, 3.05) is 11.9 Å². The third-order valence-corrected chi connectivity index (χ3v) is 4.77. The van der Waals surface area contributed by atoms with E-state index in [-0.39, 0.29) is 24.2 Å². The zero-order valence-corrected chi connectivity index (χ0v) is 18.4. The van der Waals surface area contributed by atoms with Gasteiger partial charge in [0, 0.05) is 17.3 Å². The molecule has 2 N–H and O–H groups in total. The first-order valence-electron chi connectivity index (χ1n) is 10.1. The Bertz CT molecular complexity index is 1100. The van der Waals surface area contributed by atoms with Gasteiger partial charge in [-0.15, -0.1) is 0 Å². The predicted octanol–water partition coefficient (Wildman–Crippen LogP) is 4.42. The average molecular weight is 421 g/mol. The summed E-state index contributed by atoms with van der Waals surface area (Å²) in [6, 6.07) is 12.8. The normalized spacial score (nSPS) is 10.8. The summed E-state index contributed by atoms with van der Waals surface area (Å²) in [7, 11) is 0. The minimum Gasteiger partial charge on any atom is -0.491 e. The fraction of sp³-hybridized carbons (Fsp3) is 0.292. The smallest absolute Gasteiger partial charge is 0.273 e. The van der Waals surface area contributed by atoms with Gasteiger partial charge in [-0.1, -0.05) is 11.2 Å². The quantitative estimate of drug-likeness (QED) is 0.589. The molecule has 1 aromatic heterocycles. The highest BCUT2D eigenvalue weighted by Crippen LogP contribution is 2.27. The number of carbonyl (C=O) groups excluding carboxylic acids is 2. The van der Waals surface area contributed by atoms with Crippen LogP contribution in [0, 0.1) is 20.8 Å². The van der Waals surface area contributed by atoms with Crippen LogP contribution >= 0.6 is 0 Å². The zero-order valence-electron chi connectivity index (χ0n) is 18.4. The molecule has 0 fully saturated rings. The van der Waals surface area contributed by atoms with Crippen LogP contribution in [0.2, 0.25) is 0 Å². The van der Waals surface area contributed by atoms with Crippen LogP contribution in [0.3, 0.4) is 0 Å². The Balaban J connectivity index is 1.59. The molecule has 1 heterocycles. The van der Waals surface area contributed by atoms with Crippen molar-refractivity contribution in [2.45, 2.75) is 40.7 Å². The number of rotatable bonds is 7. The van der Waals surface area contributed by atoms with E-state index in [0.29, 0.717) is 11.4 Å². The van der Waals surface area contributed by atoms with E-state index < -0.39 is 5.91 Å². The van der Waals surface area contributed by atoms with Gasteiger partial charge < -0.3 is 19.9 Å². The molecule has 2 amide bonds. The number of nitrogens with zero attached hydrogens (tertiary/aromatic N) is 1. The zero-order chi connectivity index (χ0) is 22.5. The van der Waals surface area contributed by atoms with Crippen LogP contribution in [0.25, 0.3) is 11.3 Å². The van der Waals surface area contributed by atoms with Gasteiger partial charge >= 0.3 is 0 Å². The number of ether oxygens (including phenoxy) is 1. The van der Waals surface area contributed by atoms with Crippen molar-refractivity contribution in [3.05, 3.63) is 64.8 Å². The van der Waals surface area contributed by atoms with E-state index in [2.05, 4.69) is 15.8 Å². The van der Waals surface area contributed by atoms with Crippen LogP contribution < -0.4 is 15.4 Å². The lowest BCUT2D eigenvalue weighted by Gasteiger charge is -2.12. The lowest BCUT2D eigenvalue weighted by molar-refractivity contribution is -0.115. The van der Waals surface area contributed by atoms with E-state index in [1.54, 1.807) is 6.07 Å². The topological polar surface area (TPSA) is 93.5 Å². The Kier molecular flexibility index (Phi) is 6.74. The van der Waals surface area contributed by atoms with Crippen LogP contribution in [-0.2, 0) is 4.79 Å². The molecule has 0 bridgehead atoms. The standard InChI is InChI=1S/C24H27N3O4/c1-14(2)30-21-9-7-18(10-17(21)5)22-12-20(27-31-22)24(29)25-13-23(28)26-19-8-6-15(3)16(4)11-19/h6-12,14H,13H2,1-5H3,(H,25,29)(H,26,28). The van der Waals surface area contributed by atoms with Gasteiger partial charge in [0.2, 0.25) is 5.91 Å². The number of hydrogen-bond donors (Lipinski definition) is 2. The maximum Gasteiger partial charge on any atom is 0.273 e. The highest BCUT2D eigenvalue weighted by atomic mass is 16.5. The van der Waals surface area contributed by atoms with Gasteiger partial charge in [-0.2, -0.15) is 0 Å². The number of aromatic nitrogens is 1. The third kappa shape index (κ3) is 5.72. The molecular formula is C24H27N3O4. The Morgan fingerprint density at radius 1 is 1.00 bits per heavy atom. The van der Waals surface area contributed by atoms with Crippen molar-refractivity contribution >= 4 is 17.5 Å². The van der Waals surface area contributed by atoms with Gasteiger partial charge in [-0.05, 0) is 81.6 Å². The fourth-order valence-corrected chi connectivity index (χ4v) is 2.98. The number of aryl methyl sites for hydroxylation is 3. The Hall–Kier alpha value is -3.61. The number of amides is 2. The third-order valence-electron chi connectivity index (χ3n) is 4.77. The number of carbonyl (C=O) groups is 2. The van der Waals surface area contributed by atoms with E-state index in [4.69, 9.17) is 9.26 Å². The second-order valence-corrected chi connectivity index (χ2v) is 7.75. The molecule has 0 atom stereocenters. The highest BCUT2D eigenvalue weighted by molar-refractivity contribution is 5.98. The Morgan fingerprint density at radius 2 is 1.77 bits per heavy atom. The molecule has 31 heavy (non-hydrogen) atoms. The van der Waals surface area contributed by atoms with Crippen LogP contribution in [0.15, 0.2) is 47.0 Å². The molecule has 0 saturated heterocycles. The maximum atomic E-state index is 12.4. The summed E-state index contributed by atoms with van der Waals surface area (Å²) in [6.07, 6.45) is 0.0809. The number of benzene rings is 2. The lowest BCUT2D eigenvalue weighted by Crippen LogP contribution is -2.33. The molecule has 7 nitrogen and oxygen atoms in total. The summed E-state index contributed by atoms with van der Waals surface area (Å²) in [4.78, 5) is 24.5. The van der Waals surface area contributed by atoms with Gasteiger partial charge in [0.25, 0.3) is 5.91 Å². The summed E-state index contributed by atoms with van der Waals surface area (Å²) in [5.74, 6) is 0.452. The molecule has 0 saturated carbocycles. The Morgan fingerprint density at radius 3 is 2.45 bits per heavy atom. The predicted molar refractivity (Wildman–Crippen MR) is 119 cm³/mol. The second-order valence-electron chi connectivity index (χ2n) is 7.75. The summed E-state index contributed by atoms with van der Waals surface area (Å²) >= 11 is 0. The summed E-state index contributed by atoms with van der Waals surface area (Å²) in [6.45, 7) is 9.69. The molecule has 3 rings (SSSR count). The van der Waals surface area contributed by atoms with Crippen LogP contribution in [0.4, 0.5) is 5.69 Å². The van der Waals surface area contributed by atoms with Crippen molar-refractivity contribution in [3.63, 3.8) is 0 Å². The van der Waals surface area contributed by atoms with Crippen molar-refractivity contribution in [1.82, 2.24) is 10.5 Å². The minimum atomic E-state index is -0.485. The number of nitrogens with one attached hydrogen (secondary N) is 2. The second kappa shape index (κ2) is 9.47. The molecule has 2 aromatic carbocycles. The first kappa shape index (κ1) is 22.1. The first-order chi connectivity index (χ1) is 14.7. The molecular weight excluding hydrogens is 394 g/mol. The van der Waals surface area contributed by atoms with Crippen LogP contribution in [-0.4, -0.2) is 29.6 Å². The van der Waals surface area contributed by atoms with Crippen molar-refractivity contribution in [3.8, 4) is 17.1 Å². The number of hydrogen-bond acceptors (Lipinski definition) is 5. The van der Waals surface area contributed by atoms with Gasteiger partial charge in [0.15, 0.2) is 11.5 Å². The van der Waals surface area contributed by atoms with E-state index in [1.807, 2.05) is 71.0 Å². The first-order valence-corrected chi connectivity index (χ1v) is 10.1. The molecule has 0 radical (unpaired) electrons. The monoisotopic (exact) mass is 421 g/mol. The SMILES string of the molecule is Cc1ccc(NC(=O)CNC(=O)c2cc(-c3ccc(OC(C)C)c(C)c3)on2)cc1C. The van der Waals surface area contributed by atoms with Gasteiger partial charge in [-0.25, -0.2) is 0 Å². The largest absolute Gasteiger partial charge is 0.491 e. The minimum absolute atomic E-state index is 0.0809. The van der Waals surface area contributed by atoms with Gasteiger partial charge in [0.05, 0.1) is 12.6 Å². The van der Waals surface area contributed by atoms with Gasteiger partial charge in [0.1, 0.15) is 5.75 Å². The number of anilines is 1. The Labute approximate surface area is 181 Å². The lowest BCUT2D eigenvalue weighted by atomic mass is 10.1. The molecule has 0 aliphatic rings. The molecule has 3 aromatic rings. The highest BCUT2D eigenvalue weighted by Gasteiger charge is 2.16. The van der Waals surface area contributed by atoms with E-state index >= 15 is 0 Å². The summed E-state index contributed by atoms with van der Waals surface area (Å²) < 4.78 is 11.1. The van der Waals surface area contributed by atoms with Crippen LogP contribution in [0.1, 0.15) is 41.0 Å². The average Bonchev–Trinajstić information content (AvgIpc) is 3.20. The van der Waals surface area contributed by atoms with Crippen molar-refractivity contribution < 1.29 is 18.8 Å². The molecule has 162 valence electrons. The van der Waals surface area contributed by atoms with E-state index in [1.165, 1.54) is 0 Å². The molecule has 0 aliphatic heterocycles. The van der Waals surface area contributed by atoms with Gasteiger partial charge in [-0.3, -0.25) is 9.59 Å².